The Bertz CT molecular complexity index is 180. The first-order chi connectivity index (χ1) is 5.91. The molecule has 1 rings (SSSR count). The van der Waals surface area contributed by atoms with Gasteiger partial charge in [0.1, 0.15) is 5.78 Å². The molecule has 0 atom stereocenters. The van der Waals surface area contributed by atoms with E-state index in [1.54, 1.807) is 6.92 Å². The van der Waals surface area contributed by atoms with Gasteiger partial charge in [-0.25, -0.2) is 0 Å². The number of hydrogen-bond donors (Lipinski definition) is 0. The minimum absolute atomic E-state index is 0.374. The van der Waals surface area contributed by atoms with E-state index < -0.39 is 0 Å². The number of rotatable bonds is 1. The molecule has 0 bridgehead atoms. The summed E-state index contributed by atoms with van der Waals surface area (Å²) in [5.74, 6) is 1.59. The number of Topliss-reactive ketones (excluding diaryl/α,β-unsaturated/α-hetero) is 1. The van der Waals surface area contributed by atoms with Crippen molar-refractivity contribution in [2.75, 3.05) is 0 Å². The van der Waals surface area contributed by atoms with Gasteiger partial charge in [0.15, 0.2) is 0 Å². The van der Waals surface area contributed by atoms with Gasteiger partial charge in [0.05, 0.1) is 0 Å². The molecule has 0 saturated heterocycles. The monoisotopic (exact) mass is 182 g/mol. The highest BCUT2D eigenvalue weighted by Crippen LogP contribution is 2.39. The van der Waals surface area contributed by atoms with E-state index in [-0.39, 0.29) is 0 Å². The molecule has 1 aliphatic carbocycles. The van der Waals surface area contributed by atoms with Crippen LogP contribution < -0.4 is 0 Å². The molecule has 0 aromatic heterocycles. The minimum atomic E-state index is 0.374. The molecule has 0 aliphatic heterocycles. The van der Waals surface area contributed by atoms with Crippen LogP contribution in [0.15, 0.2) is 0 Å². The molecule has 0 spiro atoms. The summed E-state index contributed by atoms with van der Waals surface area (Å²) >= 11 is 0. The molecule has 1 nitrogen and oxygen atoms in total. The quantitative estimate of drug-likeness (QED) is 0.607. The second-order valence-electron chi connectivity index (χ2n) is 5.53. The van der Waals surface area contributed by atoms with Gasteiger partial charge in [-0.2, -0.15) is 0 Å². The molecule has 0 amide bonds. The molecule has 0 heterocycles. The van der Waals surface area contributed by atoms with Crippen molar-refractivity contribution in [3.8, 4) is 0 Å². The molecule has 0 unspecified atom stereocenters. The summed E-state index contributed by atoms with van der Waals surface area (Å²) in [5.41, 5.74) is 0.432. The first kappa shape index (κ1) is 10.7. The van der Waals surface area contributed by atoms with Crippen molar-refractivity contribution in [1.29, 1.82) is 0 Å². The summed E-state index contributed by atoms with van der Waals surface area (Å²) in [5, 5.41) is 0. The van der Waals surface area contributed by atoms with Crippen molar-refractivity contribution >= 4 is 5.78 Å². The Morgan fingerprint density at radius 1 is 1.08 bits per heavy atom. The van der Waals surface area contributed by atoms with Crippen LogP contribution in [0.3, 0.4) is 0 Å². The first-order valence-electron chi connectivity index (χ1n) is 5.41. The van der Waals surface area contributed by atoms with Crippen molar-refractivity contribution < 1.29 is 4.79 Å². The molecular weight excluding hydrogens is 160 g/mol. The number of carbonyl (C=O) groups excluding carboxylic acids is 1. The Balaban J connectivity index is 2.44. The van der Waals surface area contributed by atoms with Crippen LogP contribution >= 0.6 is 0 Å². The molecule has 1 heteroatoms. The van der Waals surface area contributed by atoms with Crippen molar-refractivity contribution in [2.45, 2.75) is 53.4 Å². The van der Waals surface area contributed by atoms with Crippen LogP contribution in [0.25, 0.3) is 0 Å². The van der Waals surface area contributed by atoms with Crippen molar-refractivity contribution in [2.24, 2.45) is 17.3 Å². The van der Waals surface area contributed by atoms with E-state index in [2.05, 4.69) is 20.8 Å². The number of ketones is 1. The third kappa shape index (κ3) is 2.82. The fourth-order valence-corrected chi connectivity index (χ4v) is 2.37. The van der Waals surface area contributed by atoms with E-state index in [1.165, 1.54) is 12.8 Å². The zero-order valence-electron chi connectivity index (χ0n) is 9.39. The fraction of sp³-hybridized carbons (Fsp3) is 0.917. The molecule has 0 radical (unpaired) electrons. The minimum Gasteiger partial charge on any atom is -0.300 e. The standard InChI is InChI=1S/C12H22O/c1-9(13)10-5-7-11(8-6-10)12(2,3)4/h10-11H,5-8H2,1-4H3/t10-,11-. The summed E-state index contributed by atoms with van der Waals surface area (Å²) in [6.45, 7) is 8.67. The lowest BCUT2D eigenvalue weighted by Crippen LogP contribution is -2.27. The van der Waals surface area contributed by atoms with Gasteiger partial charge in [0.25, 0.3) is 0 Å². The van der Waals surface area contributed by atoms with Crippen LogP contribution in [0.2, 0.25) is 0 Å². The van der Waals surface area contributed by atoms with E-state index in [0.29, 0.717) is 17.1 Å². The van der Waals surface area contributed by atoms with Crippen LogP contribution in [0.4, 0.5) is 0 Å². The lowest BCUT2D eigenvalue weighted by Gasteiger charge is -2.36. The van der Waals surface area contributed by atoms with E-state index in [4.69, 9.17) is 0 Å². The maximum atomic E-state index is 11.2. The molecule has 0 aromatic carbocycles. The average molecular weight is 182 g/mol. The van der Waals surface area contributed by atoms with Crippen LogP contribution in [-0.2, 0) is 4.79 Å². The summed E-state index contributed by atoms with van der Waals surface area (Å²) < 4.78 is 0. The van der Waals surface area contributed by atoms with E-state index in [9.17, 15) is 4.79 Å². The Hall–Kier alpha value is -0.330. The van der Waals surface area contributed by atoms with Crippen LogP contribution in [-0.4, -0.2) is 5.78 Å². The molecule has 0 aromatic rings. The summed E-state index contributed by atoms with van der Waals surface area (Å²) in [4.78, 5) is 11.2. The third-order valence-corrected chi connectivity index (χ3v) is 3.53. The Kier molecular flexibility index (Phi) is 3.15. The van der Waals surface area contributed by atoms with Crippen LogP contribution in [0, 0.1) is 17.3 Å². The van der Waals surface area contributed by atoms with Gasteiger partial charge in [0.2, 0.25) is 0 Å². The molecule has 0 N–H and O–H groups in total. The Labute approximate surface area is 81.9 Å². The predicted octanol–water partition coefficient (Wildman–Crippen LogP) is 3.43. The van der Waals surface area contributed by atoms with Gasteiger partial charge < -0.3 is 0 Å². The molecule has 1 fully saturated rings. The Morgan fingerprint density at radius 2 is 1.54 bits per heavy atom. The zero-order valence-corrected chi connectivity index (χ0v) is 9.39. The average Bonchev–Trinajstić information content (AvgIpc) is 2.03. The smallest absolute Gasteiger partial charge is 0.132 e. The fourth-order valence-electron chi connectivity index (χ4n) is 2.37. The topological polar surface area (TPSA) is 17.1 Å². The van der Waals surface area contributed by atoms with E-state index >= 15 is 0 Å². The number of hydrogen-bond acceptors (Lipinski definition) is 1. The van der Waals surface area contributed by atoms with Gasteiger partial charge >= 0.3 is 0 Å². The lowest BCUT2D eigenvalue weighted by atomic mass is 9.69. The van der Waals surface area contributed by atoms with Crippen LogP contribution in [0.5, 0.6) is 0 Å². The van der Waals surface area contributed by atoms with Crippen LogP contribution in [0.1, 0.15) is 53.4 Å². The highest BCUT2D eigenvalue weighted by atomic mass is 16.1. The van der Waals surface area contributed by atoms with Gasteiger partial charge in [-0.1, -0.05) is 20.8 Å². The van der Waals surface area contributed by atoms with Crippen molar-refractivity contribution in [3.05, 3.63) is 0 Å². The lowest BCUT2D eigenvalue weighted by molar-refractivity contribution is -0.122. The highest BCUT2D eigenvalue weighted by molar-refractivity contribution is 5.78. The largest absolute Gasteiger partial charge is 0.300 e. The van der Waals surface area contributed by atoms with Gasteiger partial charge in [-0.3, -0.25) is 4.79 Å². The summed E-state index contributed by atoms with van der Waals surface area (Å²) in [6.07, 6.45) is 4.73. The maximum Gasteiger partial charge on any atom is 0.132 e. The molecular formula is C12H22O. The SMILES string of the molecule is CC(=O)[C@H]1CC[C@H](C(C)(C)C)CC1. The second kappa shape index (κ2) is 3.81. The van der Waals surface area contributed by atoms with Crippen molar-refractivity contribution in [3.63, 3.8) is 0 Å². The Morgan fingerprint density at radius 3 is 1.85 bits per heavy atom. The summed E-state index contributed by atoms with van der Waals surface area (Å²) in [7, 11) is 0. The van der Waals surface area contributed by atoms with E-state index in [0.717, 1.165) is 18.8 Å². The second-order valence-corrected chi connectivity index (χ2v) is 5.53. The zero-order chi connectivity index (χ0) is 10.1. The van der Waals surface area contributed by atoms with Gasteiger partial charge in [0, 0.05) is 5.92 Å². The first-order valence-corrected chi connectivity index (χ1v) is 5.41. The normalized spacial score (nSPS) is 30.2. The van der Waals surface area contributed by atoms with Crippen molar-refractivity contribution in [1.82, 2.24) is 0 Å². The number of carbonyl (C=O) groups is 1. The third-order valence-electron chi connectivity index (χ3n) is 3.53. The molecule has 76 valence electrons. The highest BCUT2D eigenvalue weighted by Gasteiger charge is 2.30. The molecule has 1 aliphatic rings. The maximum absolute atomic E-state index is 11.2. The van der Waals surface area contributed by atoms with E-state index in [1.807, 2.05) is 0 Å². The molecule has 13 heavy (non-hydrogen) atoms. The van der Waals surface area contributed by atoms with Gasteiger partial charge in [-0.05, 0) is 43.9 Å². The summed E-state index contributed by atoms with van der Waals surface area (Å²) in [6, 6.07) is 0. The molecule has 1 saturated carbocycles. The predicted molar refractivity (Wildman–Crippen MR) is 55.6 cm³/mol. The van der Waals surface area contributed by atoms with Gasteiger partial charge in [-0.15, -0.1) is 0 Å².